The zero-order chi connectivity index (χ0) is 19.1. The average molecular weight is 373 g/mol. The van der Waals surface area contributed by atoms with Crippen LogP contribution in [0.25, 0.3) is 10.9 Å². The highest BCUT2D eigenvalue weighted by Crippen LogP contribution is 2.54. The standard InChI is InChI=1S/C19H20FN3O4/c1-9-7-27-17-14-10(16(24)11(18(25)26)5-23(9)14)4-12(20)15(17)22-6-13(21)19(8-22)2-3-19/h4-5,9,13H,2-3,6-8,21H2,1H3,(H,25,26). The van der Waals surface area contributed by atoms with E-state index in [1.807, 2.05) is 11.8 Å². The number of pyridine rings is 1. The molecule has 1 saturated carbocycles. The molecule has 8 heteroatoms. The van der Waals surface area contributed by atoms with Crippen LogP contribution in [0.15, 0.2) is 17.1 Å². The Morgan fingerprint density at radius 1 is 1.44 bits per heavy atom. The van der Waals surface area contributed by atoms with Crippen LogP contribution in [-0.2, 0) is 0 Å². The van der Waals surface area contributed by atoms with Gasteiger partial charge in [0.2, 0.25) is 5.43 Å². The summed E-state index contributed by atoms with van der Waals surface area (Å²) in [6.07, 6.45) is 3.42. The Balaban J connectivity index is 1.78. The molecular formula is C19H20FN3O4. The van der Waals surface area contributed by atoms with E-state index in [0.29, 0.717) is 30.0 Å². The molecule has 2 unspecified atom stereocenters. The molecule has 0 amide bonds. The Labute approximate surface area is 154 Å². The third-order valence-corrected chi connectivity index (χ3v) is 6.29. The SMILES string of the molecule is CC1COc2c(N3CC(N)C4(CC4)C3)c(F)cc3c(=O)c(C(=O)O)cn1c23. The molecule has 1 aromatic carbocycles. The zero-order valence-corrected chi connectivity index (χ0v) is 14.9. The van der Waals surface area contributed by atoms with E-state index in [4.69, 9.17) is 10.5 Å². The van der Waals surface area contributed by atoms with Gasteiger partial charge in [-0.1, -0.05) is 0 Å². The highest BCUT2D eigenvalue weighted by molar-refractivity contribution is 5.97. The van der Waals surface area contributed by atoms with Gasteiger partial charge in [0.1, 0.15) is 17.9 Å². The minimum Gasteiger partial charge on any atom is -0.487 e. The Morgan fingerprint density at radius 2 is 2.19 bits per heavy atom. The highest BCUT2D eigenvalue weighted by atomic mass is 19.1. The molecule has 2 aromatic rings. The van der Waals surface area contributed by atoms with Crippen molar-refractivity contribution in [3.8, 4) is 5.75 Å². The number of aromatic carboxylic acids is 1. The van der Waals surface area contributed by atoms with Crippen molar-refractivity contribution in [2.24, 2.45) is 11.1 Å². The van der Waals surface area contributed by atoms with Gasteiger partial charge in [-0.25, -0.2) is 9.18 Å². The second-order valence-electron chi connectivity index (χ2n) is 8.03. The van der Waals surface area contributed by atoms with Crippen LogP contribution in [0.4, 0.5) is 10.1 Å². The number of carboxylic acids is 1. The first-order chi connectivity index (χ1) is 12.8. The number of hydrogen-bond acceptors (Lipinski definition) is 5. The lowest BCUT2D eigenvalue weighted by Gasteiger charge is -2.31. The molecule has 142 valence electrons. The molecular weight excluding hydrogens is 353 g/mol. The molecule has 3 N–H and O–H groups in total. The van der Waals surface area contributed by atoms with E-state index in [9.17, 15) is 14.7 Å². The molecule has 27 heavy (non-hydrogen) atoms. The molecule has 1 aromatic heterocycles. The van der Waals surface area contributed by atoms with E-state index < -0.39 is 17.2 Å². The quantitative estimate of drug-likeness (QED) is 0.832. The summed E-state index contributed by atoms with van der Waals surface area (Å²) in [5.74, 6) is -1.60. The minimum atomic E-state index is -1.32. The maximum absolute atomic E-state index is 15.1. The van der Waals surface area contributed by atoms with Crippen molar-refractivity contribution in [2.45, 2.75) is 31.8 Å². The summed E-state index contributed by atoms with van der Waals surface area (Å²) in [6.45, 7) is 3.34. The van der Waals surface area contributed by atoms with Crippen LogP contribution < -0.4 is 20.8 Å². The maximum Gasteiger partial charge on any atom is 0.341 e. The van der Waals surface area contributed by atoms with Crippen LogP contribution in [0.5, 0.6) is 5.75 Å². The average Bonchev–Trinajstić information content (AvgIpc) is 3.32. The lowest BCUT2D eigenvalue weighted by molar-refractivity contribution is 0.0694. The lowest BCUT2D eigenvalue weighted by Crippen LogP contribution is -2.31. The fraction of sp³-hybridized carbons (Fsp3) is 0.474. The van der Waals surface area contributed by atoms with Crippen molar-refractivity contribution in [3.63, 3.8) is 0 Å². The number of nitrogens with zero attached hydrogens (tertiary/aromatic N) is 2. The first-order valence-electron chi connectivity index (χ1n) is 9.10. The van der Waals surface area contributed by atoms with Crippen LogP contribution in [0.2, 0.25) is 0 Å². The van der Waals surface area contributed by atoms with Crippen LogP contribution in [0, 0.1) is 11.2 Å². The van der Waals surface area contributed by atoms with Crippen LogP contribution in [0.3, 0.4) is 0 Å². The molecule has 1 saturated heterocycles. The van der Waals surface area contributed by atoms with Crippen LogP contribution in [0.1, 0.15) is 36.2 Å². The predicted octanol–water partition coefficient (Wildman–Crippen LogP) is 1.72. The van der Waals surface area contributed by atoms with Crippen LogP contribution in [-0.4, -0.2) is 41.4 Å². The second kappa shape index (κ2) is 5.22. The number of benzene rings is 1. The number of nitrogens with two attached hydrogens (primary N) is 1. The van der Waals surface area contributed by atoms with Crippen molar-refractivity contribution in [2.75, 3.05) is 24.6 Å². The first-order valence-corrected chi connectivity index (χ1v) is 9.10. The number of ether oxygens (including phenoxy) is 1. The van der Waals surface area contributed by atoms with Gasteiger partial charge in [-0.2, -0.15) is 0 Å². The third kappa shape index (κ3) is 2.16. The number of halogens is 1. The van der Waals surface area contributed by atoms with Crippen LogP contribution >= 0.6 is 0 Å². The largest absolute Gasteiger partial charge is 0.487 e. The van der Waals surface area contributed by atoms with Crippen molar-refractivity contribution in [3.05, 3.63) is 33.9 Å². The van der Waals surface area contributed by atoms with Gasteiger partial charge in [-0.3, -0.25) is 4.79 Å². The lowest BCUT2D eigenvalue weighted by atomic mass is 10.0. The van der Waals surface area contributed by atoms with Gasteiger partial charge >= 0.3 is 5.97 Å². The van der Waals surface area contributed by atoms with E-state index in [1.54, 1.807) is 4.57 Å². The molecule has 1 aliphatic carbocycles. The summed E-state index contributed by atoms with van der Waals surface area (Å²) in [6, 6.07) is 0.955. The third-order valence-electron chi connectivity index (χ3n) is 6.29. The summed E-state index contributed by atoms with van der Waals surface area (Å²) >= 11 is 0. The second-order valence-corrected chi connectivity index (χ2v) is 8.03. The number of hydrogen-bond donors (Lipinski definition) is 2. The minimum absolute atomic E-state index is 0.0149. The zero-order valence-electron chi connectivity index (χ0n) is 14.9. The number of anilines is 1. The normalized spacial score (nSPS) is 25.1. The number of carboxylic acid groups (broad SMARTS) is 1. The summed E-state index contributed by atoms with van der Waals surface area (Å²) < 4.78 is 22.7. The van der Waals surface area contributed by atoms with E-state index in [-0.39, 0.29) is 35.1 Å². The Morgan fingerprint density at radius 3 is 2.81 bits per heavy atom. The molecule has 5 rings (SSSR count). The summed E-state index contributed by atoms with van der Waals surface area (Å²) in [7, 11) is 0. The first kappa shape index (κ1) is 16.6. The van der Waals surface area contributed by atoms with Crippen molar-refractivity contribution >= 4 is 22.6 Å². The molecule has 0 bridgehead atoms. The maximum atomic E-state index is 15.1. The smallest absolute Gasteiger partial charge is 0.341 e. The summed E-state index contributed by atoms with van der Waals surface area (Å²) in [4.78, 5) is 26.0. The monoisotopic (exact) mass is 373 g/mol. The van der Waals surface area contributed by atoms with E-state index in [2.05, 4.69) is 0 Å². The topological polar surface area (TPSA) is 97.8 Å². The fourth-order valence-corrected chi connectivity index (χ4v) is 4.51. The highest BCUT2D eigenvalue weighted by Gasteiger charge is 2.54. The Kier molecular flexibility index (Phi) is 3.20. The van der Waals surface area contributed by atoms with Gasteiger partial charge in [-0.15, -0.1) is 0 Å². The molecule has 1 spiro atoms. The van der Waals surface area contributed by atoms with Crippen molar-refractivity contribution in [1.82, 2.24) is 4.57 Å². The van der Waals surface area contributed by atoms with Crippen molar-refractivity contribution < 1.29 is 19.0 Å². The van der Waals surface area contributed by atoms with Gasteiger partial charge in [0.25, 0.3) is 0 Å². The van der Waals surface area contributed by atoms with Gasteiger partial charge in [0, 0.05) is 30.7 Å². The van der Waals surface area contributed by atoms with Crippen molar-refractivity contribution in [1.29, 1.82) is 0 Å². The fourth-order valence-electron chi connectivity index (χ4n) is 4.51. The molecule has 7 nitrogen and oxygen atoms in total. The van der Waals surface area contributed by atoms with Gasteiger partial charge in [0.05, 0.1) is 16.9 Å². The Bertz CT molecular complexity index is 1060. The molecule has 2 atom stereocenters. The van der Waals surface area contributed by atoms with E-state index in [0.717, 1.165) is 18.9 Å². The number of aromatic nitrogens is 1. The molecule has 0 radical (unpaired) electrons. The van der Waals surface area contributed by atoms with Gasteiger partial charge < -0.3 is 25.0 Å². The van der Waals surface area contributed by atoms with E-state index >= 15 is 4.39 Å². The molecule has 2 aliphatic heterocycles. The molecule has 3 heterocycles. The molecule has 2 fully saturated rings. The summed E-state index contributed by atoms with van der Waals surface area (Å²) in [5, 5.41) is 9.38. The van der Waals surface area contributed by atoms with E-state index in [1.165, 1.54) is 6.20 Å². The number of rotatable bonds is 2. The Hall–Kier alpha value is -2.61. The number of carbonyl (C=O) groups is 1. The molecule has 3 aliphatic rings. The van der Waals surface area contributed by atoms with Gasteiger partial charge in [0.15, 0.2) is 11.6 Å². The van der Waals surface area contributed by atoms with Gasteiger partial charge in [-0.05, 0) is 25.8 Å². The predicted molar refractivity (Wildman–Crippen MR) is 97.2 cm³/mol. The summed E-state index contributed by atoms with van der Waals surface area (Å²) in [5.41, 5.74) is 6.04.